The third-order valence-corrected chi connectivity index (χ3v) is 0.377. The van der Waals surface area contributed by atoms with Gasteiger partial charge in [-0.15, -0.1) is 5.16 Å². The molecule has 0 amide bonds. The van der Waals surface area contributed by atoms with Gasteiger partial charge in [0.05, 0.1) is 6.21 Å². The average Bonchev–Trinajstić information content (AvgIpc) is 1.61. The Labute approximate surface area is 36.7 Å². The Morgan fingerprint density at radius 1 is 2.00 bits per heavy atom. The van der Waals surface area contributed by atoms with E-state index in [1.54, 1.807) is 7.05 Å². The fourth-order valence-corrected chi connectivity index (χ4v) is 0.132. The molecule has 0 aromatic heterocycles. The minimum atomic E-state index is 0.622. The Morgan fingerprint density at radius 2 is 2.67 bits per heavy atom. The molecule has 0 aromatic rings. The molecule has 0 unspecified atom stereocenters. The van der Waals surface area contributed by atoms with Gasteiger partial charge in [-0.25, -0.2) is 0 Å². The van der Waals surface area contributed by atoms with Crippen molar-refractivity contribution in [3.63, 3.8) is 0 Å². The van der Waals surface area contributed by atoms with E-state index >= 15 is 0 Å². The summed E-state index contributed by atoms with van der Waals surface area (Å²) in [6.07, 6.45) is 1.38. The van der Waals surface area contributed by atoms with E-state index in [2.05, 4.69) is 10.5 Å². The lowest BCUT2D eigenvalue weighted by Crippen LogP contribution is -2.07. The summed E-state index contributed by atoms with van der Waals surface area (Å²) in [6.45, 7) is 0.622. The zero-order valence-electron chi connectivity index (χ0n) is 3.68. The number of oxime groups is 1. The molecule has 0 saturated heterocycles. The first-order valence-electron chi connectivity index (χ1n) is 1.72. The predicted octanol–water partition coefficient (Wildman–Crippen LogP) is -0.334. The molecule has 0 spiro atoms. The zero-order valence-corrected chi connectivity index (χ0v) is 3.68. The lowest BCUT2D eigenvalue weighted by atomic mass is 10.7. The molecule has 6 heavy (non-hydrogen) atoms. The van der Waals surface area contributed by atoms with E-state index < -0.39 is 0 Å². The first kappa shape index (κ1) is 5.43. The smallest absolute Gasteiger partial charge is 0.0573 e. The minimum Gasteiger partial charge on any atom is -0.411 e. The van der Waals surface area contributed by atoms with Crippen LogP contribution in [0.15, 0.2) is 5.16 Å². The topological polar surface area (TPSA) is 44.6 Å². The van der Waals surface area contributed by atoms with Crippen molar-refractivity contribution >= 4 is 6.21 Å². The molecule has 3 nitrogen and oxygen atoms in total. The van der Waals surface area contributed by atoms with Gasteiger partial charge in [0, 0.05) is 6.54 Å². The van der Waals surface area contributed by atoms with Crippen LogP contribution in [0.3, 0.4) is 0 Å². The van der Waals surface area contributed by atoms with Crippen LogP contribution in [0.1, 0.15) is 0 Å². The number of hydrogen-bond donors (Lipinski definition) is 2. The molecule has 0 fully saturated rings. The van der Waals surface area contributed by atoms with Crippen LogP contribution < -0.4 is 5.32 Å². The van der Waals surface area contributed by atoms with Crippen LogP contribution in [-0.2, 0) is 0 Å². The van der Waals surface area contributed by atoms with Gasteiger partial charge in [0.25, 0.3) is 0 Å². The van der Waals surface area contributed by atoms with Crippen molar-refractivity contribution in [1.29, 1.82) is 0 Å². The standard InChI is InChI=1S/C3H8N2O/c1-4-2-3-5-6/h3-4,6H,2H2,1H3. The normalized spacial score (nSPS) is 10.2. The van der Waals surface area contributed by atoms with Crippen LogP contribution in [0.5, 0.6) is 0 Å². The Morgan fingerprint density at radius 3 is 2.83 bits per heavy atom. The minimum absolute atomic E-state index is 0.622. The van der Waals surface area contributed by atoms with Crippen LogP contribution >= 0.6 is 0 Å². The fraction of sp³-hybridized carbons (Fsp3) is 0.667. The first-order chi connectivity index (χ1) is 2.91. The molecule has 0 heterocycles. The lowest BCUT2D eigenvalue weighted by Gasteiger charge is -1.80. The summed E-state index contributed by atoms with van der Waals surface area (Å²) in [4.78, 5) is 0. The van der Waals surface area contributed by atoms with E-state index in [-0.39, 0.29) is 0 Å². The van der Waals surface area contributed by atoms with Crippen molar-refractivity contribution in [3.8, 4) is 0 Å². The highest BCUT2D eigenvalue weighted by Gasteiger charge is 1.63. The molecular weight excluding hydrogens is 80.0 g/mol. The van der Waals surface area contributed by atoms with Crippen LogP contribution in [0.25, 0.3) is 0 Å². The quantitative estimate of drug-likeness (QED) is 0.276. The van der Waals surface area contributed by atoms with Gasteiger partial charge in [-0.1, -0.05) is 0 Å². The zero-order chi connectivity index (χ0) is 4.83. The molecule has 2 N–H and O–H groups in total. The highest BCUT2D eigenvalue weighted by molar-refractivity contribution is 5.58. The van der Waals surface area contributed by atoms with Gasteiger partial charge in [0.15, 0.2) is 0 Å². The summed E-state index contributed by atoms with van der Waals surface area (Å²) in [5, 5.41) is 13.2. The maximum absolute atomic E-state index is 7.73. The second-order valence-corrected chi connectivity index (χ2v) is 0.856. The lowest BCUT2D eigenvalue weighted by molar-refractivity contribution is 0.320. The van der Waals surface area contributed by atoms with Crippen molar-refractivity contribution in [1.82, 2.24) is 5.32 Å². The van der Waals surface area contributed by atoms with Crippen molar-refractivity contribution in [3.05, 3.63) is 0 Å². The van der Waals surface area contributed by atoms with E-state index in [9.17, 15) is 0 Å². The molecule has 36 valence electrons. The molecule has 0 bridgehead atoms. The first-order valence-corrected chi connectivity index (χ1v) is 1.72. The molecule has 0 rings (SSSR count). The summed E-state index contributed by atoms with van der Waals surface area (Å²) in [7, 11) is 1.78. The molecule has 0 aliphatic heterocycles. The van der Waals surface area contributed by atoms with Crippen LogP contribution in [0.2, 0.25) is 0 Å². The summed E-state index contributed by atoms with van der Waals surface area (Å²) in [6, 6.07) is 0. The highest BCUT2D eigenvalue weighted by Crippen LogP contribution is 1.45. The molecule has 0 atom stereocenters. The fourth-order valence-electron chi connectivity index (χ4n) is 0.132. The SMILES string of the molecule is CNCC=NO. The maximum atomic E-state index is 7.73. The van der Waals surface area contributed by atoms with Crippen molar-refractivity contribution in [2.75, 3.05) is 13.6 Å². The summed E-state index contributed by atoms with van der Waals surface area (Å²) in [5.74, 6) is 0. The third kappa shape index (κ3) is 3.43. The van der Waals surface area contributed by atoms with Gasteiger partial charge in [0.1, 0.15) is 0 Å². The Kier molecular flexibility index (Phi) is 4.01. The second-order valence-electron chi connectivity index (χ2n) is 0.856. The maximum Gasteiger partial charge on any atom is 0.0573 e. The van der Waals surface area contributed by atoms with Gasteiger partial charge in [0.2, 0.25) is 0 Å². The Balaban J connectivity index is 2.66. The van der Waals surface area contributed by atoms with E-state index in [1.807, 2.05) is 0 Å². The Bertz CT molecular complexity index is 44.1. The summed E-state index contributed by atoms with van der Waals surface area (Å²) < 4.78 is 0. The monoisotopic (exact) mass is 88.1 g/mol. The number of nitrogens with zero attached hydrogens (tertiary/aromatic N) is 1. The van der Waals surface area contributed by atoms with Crippen LogP contribution in [-0.4, -0.2) is 25.0 Å². The Hall–Kier alpha value is -0.570. The average molecular weight is 88.1 g/mol. The highest BCUT2D eigenvalue weighted by atomic mass is 16.4. The van der Waals surface area contributed by atoms with Gasteiger partial charge >= 0.3 is 0 Å². The van der Waals surface area contributed by atoms with Gasteiger partial charge < -0.3 is 10.5 Å². The predicted molar refractivity (Wildman–Crippen MR) is 24.2 cm³/mol. The van der Waals surface area contributed by atoms with Crippen LogP contribution in [0.4, 0.5) is 0 Å². The molecule has 0 saturated carbocycles. The molecule has 0 aliphatic carbocycles. The molecule has 3 heteroatoms. The molecule has 0 aliphatic rings. The van der Waals surface area contributed by atoms with Crippen molar-refractivity contribution in [2.24, 2.45) is 5.16 Å². The molecular formula is C3H8N2O. The molecule has 0 aromatic carbocycles. The van der Waals surface area contributed by atoms with E-state index in [4.69, 9.17) is 5.21 Å². The van der Waals surface area contributed by atoms with Crippen molar-refractivity contribution < 1.29 is 5.21 Å². The van der Waals surface area contributed by atoms with Crippen LogP contribution in [0, 0.1) is 0 Å². The van der Waals surface area contributed by atoms with Gasteiger partial charge in [-0.2, -0.15) is 0 Å². The van der Waals surface area contributed by atoms with E-state index in [0.717, 1.165) is 0 Å². The van der Waals surface area contributed by atoms with E-state index in [1.165, 1.54) is 6.21 Å². The third-order valence-electron chi connectivity index (χ3n) is 0.377. The summed E-state index contributed by atoms with van der Waals surface area (Å²) in [5.41, 5.74) is 0. The summed E-state index contributed by atoms with van der Waals surface area (Å²) >= 11 is 0. The largest absolute Gasteiger partial charge is 0.411 e. The molecule has 0 radical (unpaired) electrons. The van der Waals surface area contributed by atoms with Gasteiger partial charge in [-0.05, 0) is 7.05 Å². The number of nitrogens with one attached hydrogen (secondary N) is 1. The number of rotatable bonds is 2. The van der Waals surface area contributed by atoms with Gasteiger partial charge in [-0.3, -0.25) is 0 Å². The van der Waals surface area contributed by atoms with Crippen molar-refractivity contribution in [2.45, 2.75) is 0 Å². The van der Waals surface area contributed by atoms with E-state index in [0.29, 0.717) is 6.54 Å². The number of hydrogen-bond acceptors (Lipinski definition) is 3. The second kappa shape index (κ2) is 4.43.